The maximum atomic E-state index is 11.7. The summed E-state index contributed by atoms with van der Waals surface area (Å²) in [6, 6.07) is -0.0929. The number of nitrogens with one attached hydrogen (secondary N) is 3. The molecule has 0 spiro atoms. The van der Waals surface area contributed by atoms with Gasteiger partial charge >= 0.3 is 6.09 Å². The lowest BCUT2D eigenvalue weighted by Crippen LogP contribution is -2.47. The van der Waals surface area contributed by atoms with E-state index in [2.05, 4.69) is 20.9 Å². The lowest BCUT2D eigenvalue weighted by molar-refractivity contribution is -0.133. The zero-order chi connectivity index (χ0) is 14.3. The van der Waals surface area contributed by atoms with E-state index in [1.165, 1.54) is 7.11 Å². The second-order valence-electron chi connectivity index (χ2n) is 4.47. The molecule has 8 nitrogen and oxygen atoms in total. The van der Waals surface area contributed by atoms with E-state index in [1.54, 1.807) is 0 Å². The van der Waals surface area contributed by atoms with E-state index in [4.69, 9.17) is 5.11 Å². The van der Waals surface area contributed by atoms with Gasteiger partial charge in [-0.1, -0.05) is 0 Å². The van der Waals surface area contributed by atoms with Gasteiger partial charge in [-0.05, 0) is 25.7 Å². The minimum Gasteiger partial charge on any atom is -0.465 e. The number of hydrogen-bond donors (Lipinski definition) is 4. The van der Waals surface area contributed by atoms with Crippen molar-refractivity contribution in [1.82, 2.24) is 16.2 Å². The highest BCUT2D eigenvalue weighted by Gasteiger charge is 2.27. The smallest absolute Gasteiger partial charge is 0.404 e. The Balaban J connectivity index is 2.25. The standard InChI is InChI=1S/C11H19N3O5/c1-19-6-9(15)13-14-10(16)7-2-4-8(5-3-7)12-11(17)18/h7-8,12H,2-6H2,1H3,(H,13,15)(H,14,16)(H,17,18). The van der Waals surface area contributed by atoms with Crippen molar-refractivity contribution >= 4 is 17.9 Å². The average molecular weight is 273 g/mol. The highest BCUT2D eigenvalue weighted by Crippen LogP contribution is 2.24. The monoisotopic (exact) mass is 273 g/mol. The molecule has 1 rings (SSSR count). The predicted octanol–water partition coefficient (Wildman–Crippen LogP) is -0.393. The van der Waals surface area contributed by atoms with Crippen molar-refractivity contribution in [3.05, 3.63) is 0 Å². The molecule has 0 atom stereocenters. The van der Waals surface area contributed by atoms with Crippen molar-refractivity contribution in [3.63, 3.8) is 0 Å². The van der Waals surface area contributed by atoms with Gasteiger partial charge in [0.1, 0.15) is 6.61 Å². The first-order chi connectivity index (χ1) is 9.02. The minimum absolute atomic E-state index is 0.0929. The molecule has 0 radical (unpaired) electrons. The van der Waals surface area contributed by atoms with E-state index in [0.717, 1.165) is 0 Å². The normalized spacial score (nSPS) is 22.4. The number of hydrazine groups is 1. The Bertz CT molecular complexity index is 339. The first-order valence-corrected chi connectivity index (χ1v) is 6.10. The van der Waals surface area contributed by atoms with Crippen molar-refractivity contribution < 1.29 is 24.2 Å². The van der Waals surface area contributed by atoms with E-state index in [0.29, 0.717) is 25.7 Å². The van der Waals surface area contributed by atoms with Crippen LogP contribution in [0.5, 0.6) is 0 Å². The van der Waals surface area contributed by atoms with Crippen LogP contribution >= 0.6 is 0 Å². The summed E-state index contributed by atoms with van der Waals surface area (Å²) in [5.41, 5.74) is 4.59. The van der Waals surface area contributed by atoms with E-state index in [-0.39, 0.29) is 24.5 Å². The number of amides is 3. The molecule has 4 N–H and O–H groups in total. The van der Waals surface area contributed by atoms with Gasteiger partial charge in [-0.3, -0.25) is 20.4 Å². The molecule has 0 aliphatic heterocycles. The van der Waals surface area contributed by atoms with Crippen LogP contribution in [0.2, 0.25) is 0 Å². The van der Waals surface area contributed by atoms with Crippen LogP contribution in [-0.4, -0.2) is 42.8 Å². The molecular formula is C11H19N3O5. The Hall–Kier alpha value is -1.83. The van der Waals surface area contributed by atoms with Gasteiger partial charge in [-0.2, -0.15) is 0 Å². The van der Waals surface area contributed by atoms with Crippen LogP contribution in [0, 0.1) is 5.92 Å². The summed E-state index contributed by atoms with van der Waals surface area (Å²) in [5.74, 6) is -0.870. The SMILES string of the molecule is COCC(=O)NNC(=O)C1CCC(NC(=O)O)CC1. The summed E-state index contributed by atoms with van der Waals surface area (Å²) < 4.78 is 4.61. The van der Waals surface area contributed by atoms with Crippen LogP contribution < -0.4 is 16.2 Å². The summed E-state index contributed by atoms with van der Waals surface area (Å²) in [6.45, 7) is -0.116. The summed E-state index contributed by atoms with van der Waals surface area (Å²) in [4.78, 5) is 33.3. The first-order valence-electron chi connectivity index (χ1n) is 6.10. The molecule has 108 valence electrons. The number of carbonyl (C=O) groups excluding carboxylic acids is 2. The zero-order valence-electron chi connectivity index (χ0n) is 10.8. The third-order valence-electron chi connectivity index (χ3n) is 3.03. The summed E-state index contributed by atoms with van der Waals surface area (Å²) >= 11 is 0. The molecule has 0 heterocycles. The van der Waals surface area contributed by atoms with E-state index in [1.807, 2.05) is 0 Å². The van der Waals surface area contributed by atoms with Crippen LogP contribution in [0.3, 0.4) is 0 Å². The number of carbonyl (C=O) groups is 3. The highest BCUT2D eigenvalue weighted by atomic mass is 16.5. The predicted molar refractivity (Wildman–Crippen MR) is 65.1 cm³/mol. The van der Waals surface area contributed by atoms with Gasteiger partial charge in [0.05, 0.1) is 0 Å². The van der Waals surface area contributed by atoms with Crippen LogP contribution in [0.4, 0.5) is 4.79 Å². The molecule has 8 heteroatoms. The first kappa shape index (κ1) is 15.2. The van der Waals surface area contributed by atoms with Crippen LogP contribution in [0.25, 0.3) is 0 Å². The number of rotatable bonds is 4. The Morgan fingerprint density at radius 1 is 1.16 bits per heavy atom. The van der Waals surface area contributed by atoms with Crippen molar-refractivity contribution in [2.24, 2.45) is 5.92 Å². The number of ether oxygens (including phenoxy) is 1. The van der Waals surface area contributed by atoms with Crippen molar-refractivity contribution in [1.29, 1.82) is 0 Å². The molecule has 3 amide bonds. The van der Waals surface area contributed by atoms with E-state index < -0.39 is 12.0 Å². The maximum Gasteiger partial charge on any atom is 0.404 e. The van der Waals surface area contributed by atoms with Crippen molar-refractivity contribution in [2.75, 3.05) is 13.7 Å². The molecule has 1 fully saturated rings. The number of methoxy groups -OCH3 is 1. The van der Waals surface area contributed by atoms with Crippen LogP contribution in [0.1, 0.15) is 25.7 Å². The number of carboxylic acid groups (broad SMARTS) is 1. The van der Waals surface area contributed by atoms with Gasteiger partial charge in [0.2, 0.25) is 5.91 Å². The van der Waals surface area contributed by atoms with Gasteiger partial charge in [0.25, 0.3) is 5.91 Å². The molecule has 0 bridgehead atoms. The lowest BCUT2D eigenvalue weighted by atomic mass is 9.85. The third-order valence-corrected chi connectivity index (χ3v) is 3.03. The molecular weight excluding hydrogens is 254 g/mol. The summed E-state index contributed by atoms with van der Waals surface area (Å²) in [5, 5.41) is 11.0. The van der Waals surface area contributed by atoms with Gasteiger partial charge in [0, 0.05) is 19.1 Å². The second kappa shape index (κ2) is 7.57. The van der Waals surface area contributed by atoms with Crippen molar-refractivity contribution in [3.8, 4) is 0 Å². The molecule has 1 aliphatic carbocycles. The second-order valence-corrected chi connectivity index (χ2v) is 4.47. The molecule has 0 aromatic rings. The molecule has 0 unspecified atom stereocenters. The van der Waals surface area contributed by atoms with E-state index in [9.17, 15) is 14.4 Å². The van der Waals surface area contributed by atoms with Crippen molar-refractivity contribution in [2.45, 2.75) is 31.7 Å². The highest BCUT2D eigenvalue weighted by molar-refractivity contribution is 5.83. The van der Waals surface area contributed by atoms with Gasteiger partial charge in [-0.25, -0.2) is 4.79 Å². The summed E-state index contributed by atoms with van der Waals surface area (Å²) in [7, 11) is 1.39. The fraction of sp³-hybridized carbons (Fsp3) is 0.727. The Morgan fingerprint density at radius 2 is 1.79 bits per heavy atom. The van der Waals surface area contributed by atoms with Crippen LogP contribution in [0.15, 0.2) is 0 Å². The fourth-order valence-corrected chi connectivity index (χ4v) is 2.08. The third kappa shape index (κ3) is 5.56. The molecule has 0 aromatic carbocycles. The largest absolute Gasteiger partial charge is 0.465 e. The fourth-order valence-electron chi connectivity index (χ4n) is 2.08. The minimum atomic E-state index is -1.04. The Kier molecular flexibility index (Phi) is 6.07. The Labute approximate surface area is 110 Å². The van der Waals surface area contributed by atoms with Gasteiger partial charge < -0.3 is 15.2 Å². The van der Waals surface area contributed by atoms with Crippen LogP contribution in [-0.2, 0) is 14.3 Å². The summed E-state index contributed by atoms with van der Waals surface area (Å²) in [6.07, 6.45) is 1.39. The zero-order valence-corrected chi connectivity index (χ0v) is 10.8. The van der Waals surface area contributed by atoms with Gasteiger partial charge in [-0.15, -0.1) is 0 Å². The van der Waals surface area contributed by atoms with Gasteiger partial charge in [0.15, 0.2) is 0 Å². The molecule has 0 aromatic heterocycles. The molecule has 0 saturated heterocycles. The molecule has 19 heavy (non-hydrogen) atoms. The molecule has 1 saturated carbocycles. The quantitative estimate of drug-likeness (QED) is 0.520. The average Bonchev–Trinajstić information content (AvgIpc) is 2.36. The lowest BCUT2D eigenvalue weighted by Gasteiger charge is -2.27. The maximum absolute atomic E-state index is 11.7. The topological polar surface area (TPSA) is 117 Å². The number of hydrogen-bond acceptors (Lipinski definition) is 4. The Morgan fingerprint density at radius 3 is 2.32 bits per heavy atom. The van der Waals surface area contributed by atoms with E-state index >= 15 is 0 Å². The molecule has 1 aliphatic rings.